The number of hydrogen-bond acceptors (Lipinski definition) is 1. The maximum atomic E-state index is 14.8. The van der Waals surface area contributed by atoms with Gasteiger partial charge in [-0.15, -0.1) is 0 Å². The molecule has 0 radical (unpaired) electrons. The highest BCUT2D eigenvalue weighted by Crippen LogP contribution is 2.43. The fourth-order valence-electron chi connectivity index (χ4n) is 4.82. The molecule has 1 unspecified atom stereocenters. The van der Waals surface area contributed by atoms with Crippen LogP contribution in [0.4, 0.5) is 17.6 Å². The van der Waals surface area contributed by atoms with Crippen molar-refractivity contribution in [3.8, 4) is 0 Å². The first kappa shape index (κ1) is 20.4. The van der Waals surface area contributed by atoms with Crippen LogP contribution in [0.5, 0.6) is 0 Å². The van der Waals surface area contributed by atoms with E-state index in [1.807, 2.05) is 0 Å². The molecule has 0 N–H and O–H groups in total. The van der Waals surface area contributed by atoms with Crippen molar-refractivity contribution < 1.29 is 22.3 Å². The number of aryl methyl sites for hydroxylation is 1. The molecule has 0 spiro atoms. The van der Waals surface area contributed by atoms with Crippen molar-refractivity contribution in [1.82, 2.24) is 0 Å². The third-order valence-corrected chi connectivity index (χ3v) is 6.58. The molecular weight excluding hydrogens is 380 g/mol. The highest BCUT2D eigenvalue weighted by molar-refractivity contribution is 5.32. The normalized spacial score (nSPS) is 25.2. The third kappa shape index (κ3) is 3.94. The Labute approximate surface area is 169 Å². The SMILES string of the molecule is Cc1ccc(C2CCC(c3ccc(C4CCCCO4)c(F)c3F)CC2)c(F)c1F. The molecule has 1 aliphatic heterocycles. The zero-order valence-electron chi connectivity index (χ0n) is 16.6. The Morgan fingerprint density at radius 1 is 0.655 bits per heavy atom. The lowest BCUT2D eigenvalue weighted by Gasteiger charge is -2.30. The van der Waals surface area contributed by atoms with E-state index in [9.17, 15) is 17.6 Å². The van der Waals surface area contributed by atoms with Crippen LogP contribution < -0.4 is 0 Å². The lowest BCUT2D eigenvalue weighted by Crippen LogP contribution is -2.17. The average Bonchev–Trinajstić information content (AvgIpc) is 2.75. The van der Waals surface area contributed by atoms with Crippen LogP contribution in [0.15, 0.2) is 24.3 Å². The summed E-state index contributed by atoms with van der Waals surface area (Å²) in [6, 6.07) is 6.59. The molecule has 2 aliphatic rings. The first-order valence-electron chi connectivity index (χ1n) is 10.5. The second-order valence-electron chi connectivity index (χ2n) is 8.38. The predicted octanol–water partition coefficient (Wildman–Crippen LogP) is 7.23. The molecule has 2 aromatic rings. The van der Waals surface area contributed by atoms with Crippen molar-refractivity contribution in [3.63, 3.8) is 0 Å². The van der Waals surface area contributed by atoms with Crippen molar-refractivity contribution in [3.05, 3.63) is 69.8 Å². The van der Waals surface area contributed by atoms with E-state index in [-0.39, 0.29) is 17.9 Å². The monoisotopic (exact) mass is 406 g/mol. The molecule has 0 bridgehead atoms. The predicted molar refractivity (Wildman–Crippen MR) is 104 cm³/mol. The van der Waals surface area contributed by atoms with Crippen LogP contribution >= 0.6 is 0 Å². The first-order chi connectivity index (χ1) is 14.0. The van der Waals surface area contributed by atoms with Crippen LogP contribution in [0.1, 0.15) is 85.1 Å². The summed E-state index contributed by atoms with van der Waals surface area (Å²) in [4.78, 5) is 0. The van der Waals surface area contributed by atoms with Gasteiger partial charge in [-0.2, -0.15) is 0 Å². The van der Waals surface area contributed by atoms with Gasteiger partial charge in [-0.1, -0.05) is 24.3 Å². The van der Waals surface area contributed by atoms with Crippen LogP contribution in [0.3, 0.4) is 0 Å². The summed E-state index contributed by atoms with van der Waals surface area (Å²) in [5.41, 5.74) is 1.37. The largest absolute Gasteiger partial charge is 0.373 e. The standard InChI is InChI=1S/C24H26F4O/c1-14-5-10-17(22(26)21(14)25)15-6-8-16(9-7-15)18-11-12-19(24(28)23(18)27)20-4-2-3-13-29-20/h5,10-12,15-16,20H,2-4,6-9,13H2,1H3. The fraction of sp³-hybridized carbons (Fsp3) is 0.500. The Morgan fingerprint density at radius 3 is 1.76 bits per heavy atom. The molecule has 4 rings (SSSR count). The third-order valence-electron chi connectivity index (χ3n) is 6.58. The molecule has 1 saturated heterocycles. The summed E-state index contributed by atoms with van der Waals surface area (Å²) in [5.74, 6) is -3.36. The molecule has 29 heavy (non-hydrogen) atoms. The topological polar surface area (TPSA) is 9.23 Å². The second kappa shape index (κ2) is 8.47. The minimum absolute atomic E-state index is 0.0934. The Morgan fingerprint density at radius 2 is 1.17 bits per heavy atom. The smallest absolute Gasteiger partial charge is 0.164 e. The molecule has 1 nitrogen and oxygen atoms in total. The lowest BCUT2D eigenvalue weighted by molar-refractivity contribution is 0.0124. The van der Waals surface area contributed by atoms with Crippen molar-refractivity contribution in [2.45, 2.75) is 69.8 Å². The molecule has 156 valence electrons. The van der Waals surface area contributed by atoms with Gasteiger partial charge in [0.1, 0.15) is 0 Å². The number of hydrogen-bond donors (Lipinski definition) is 0. The van der Waals surface area contributed by atoms with Gasteiger partial charge in [-0.25, -0.2) is 17.6 Å². The second-order valence-corrected chi connectivity index (χ2v) is 8.38. The molecule has 0 aromatic heterocycles. The molecule has 1 atom stereocenters. The fourth-order valence-corrected chi connectivity index (χ4v) is 4.82. The quantitative estimate of drug-likeness (QED) is 0.489. The number of halogens is 4. The molecule has 5 heteroatoms. The van der Waals surface area contributed by atoms with Gasteiger partial charge >= 0.3 is 0 Å². The van der Waals surface area contributed by atoms with Crippen LogP contribution in [0, 0.1) is 30.2 Å². The van der Waals surface area contributed by atoms with E-state index in [2.05, 4.69) is 0 Å². The summed E-state index contributed by atoms with van der Waals surface area (Å²) >= 11 is 0. The number of rotatable bonds is 3. The van der Waals surface area contributed by atoms with Gasteiger partial charge in [-0.3, -0.25) is 0 Å². The highest BCUT2D eigenvalue weighted by atomic mass is 19.2. The van der Waals surface area contributed by atoms with E-state index in [0.717, 1.165) is 12.8 Å². The molecule has 1 heterocycles. The summed E-state index contributed by atoms with van der Waals surface area (Å²) < 4.78 is 63.4. The van der Waals surface area contributed by atoms with E-state index in [1.54, 1.807) is 31.2 Å². The molecule has 1 saturated carbocycles. The highest BCUT2D eigenvalue weighted by Gasteiger charge is 2.30. The van der Waals surface area contributed by atoms with E-state index in [4.69, 9.17) is 4.74 Å². The maximum absolute atomic E-state index is 14.8. The summed E-state index contributed by atoms with van der Waals surface area (Å²) in [6.07, 6.45) is 4.73. The first-order valence-corrected chi connectivity index (χ1v) is 10.5. The van der Waals surface area contributed by atoms with Gasteiger partial charge < -0.3 is 4.74 Å². The van der Waals surface area contributed by atoms with Gasteiger partial charge in [0, 0.05) is 12.2 Å². The number of ether oxygens (including phenoxy) is 1. The van der Waals surface area contributed by atoms with E-state index >= 15 is 0 Å². The van der Waals surface area contributed by atoms with Crippen molar-refractivity contribution in [2.24, 2.45) is 0 Å². The minimum atomic E-state index is -0.803. The molecule has 1 aliphatic carbocycles. The van der Waals surface area contributed by atoms with Gasteiger partial charge in [0.05, 0.1) is 6.10 Å². The molecular formula is C24H26F4O. The Kier molecular flexibility index (Phi) is 5.95. The molecule has 0 amide bonds. The van der Waals surface area contributed by atoms with Crippen LogP contribution in [-0.2, 0) is 4.74 Å². The van der Waals surface area contributed by atoms with Crippen LogP contribution in [0.25, 0.3) is 0 Å². The van der Waals surface area contributed by atoms with Crippen molar-refractivity contribution in [2.75, 3.05) is 6.61 Å². The minimum Gasteiger partial charge on any atom is -0.373 e. The van der Waals surface area contributed by atoms with Crippen molar-refractivity contribution >= 4 is 0 Å². The maximum Gasteiger partial charge on any atom is 0.164 e. The summed E-state index contributed by atoms with van der Waals surface area (Å²) in [7, 11) is 0. The van der Waals surface area contributed by atoms with E-state index in [0.29, 0.717) is 61.0 Å². The summed E-state index contributed by atoms with van der Waals surface area (Å²) in [6.45, 7) is 2.12. The Balaban J connectivity index is 1.49. The molecule has 2 aromatic carbocycles. The zero-order valence-corrected chi connectivity index (χ0v) is 16.6. The Bertz CT molecular complexity index is 881. The average molecular weight is 406 g/mol. The number of benzene rings is 2. The Hall–Kier alpha value is -1.88. The van der Waals surface area contributed by atoms with Gasteiger partial charge in [-0.05, 0) is 80.4 Å². The molecule has 2 fully saturated rings. The van der Waals surface area contributed by atoms with E-state index in [1.165, 1.54) is 0 Å². The van der Waals surface area contributed by atoms with Crippen LogP contribution in [0.2, 0.25) is 0 Å². The van der Waals surface area contributed by atoms with Crippen LogP contribution in [-0.4, -0.2) is 6.61 Å². The summed E-state index contributed by atoms with van der Waals surface area (Å²) in [5, 5.41) is 0. The van der Waals surface area contributed by atoms with Gasteiger partial charge in [0.25, 0.3) is 0 Å². The zero-order chi connectivity index (χ0) is 20.5. The van der Waals surface area contributed by atoms with Gasteiger partial charge in [0.15, 0.2) is 23.3 Å². The van der Waals surface area contributed by atoms with Crippen molar-refractivity contribution in [1.29, 1.82) is 0 Å². The van der Waals surface area contributed by atoms with E-state index < -0.39 is 23.3 Å². The van der Waals surface area contributed by atoms with Gasteiger partial charge in [0.2, 0.25) is 0 Å². The lowest BCUT2D eigenvalue weighted by atomic mass is 9.75.